The van der Waals surface area contributed by atoms with Gasteiger partial charge in [0.1, 0.15) is 12.1 Å². The molecule has 0 unspecified atom stereocenters. The van der Waals surface area contributed by atoms with E-state index in [0.29, 0.717) is 0 Å². The summed E-state index contributed by atoms with van der Waals surface area (Å²) in [4.78, 5) is 16.2. The number of allylic oxidation sites excluding steroid dienone is 4. The topological polar surface area (TPSA) is 85.0 Å². The minimum Gasteiger partial charge on any atom is -0.463 e. The highest BCUT2D eigenvalue weighted by Crippen LogP contribution is 2.28. The molecule has 8 nitrogen and oxygen atoms in total. The fraction of sp³-hybridized carbons (Fsp3) is 0.370. The van der Waals surface area contributed by atoms with E-state index in [0.717, 1.165) is 93.3 Å². The lowest BCUT2D eigenvalue weighted by Crippen LogP contribution is -2.46. The molecule has 1 aromatic carbocycles. The maximum absolute atomic E-state index is 11.4. The van der Waals surface area contributed by atoms with Crippen molar-refractivity contribution in [2.45, 2.75) is 32.2 Å². The number of fused-ring (bicyclic) bond motifs is 1. The molecule has 1 saturated heterocycles. The number of hydrogen-bond acceptors (Lipinski definition) is 5. The summed E-state index contributed by atoms with van der Waals surface area (Å²) in [6, 6.07) is 9.59. The number of primary amides is 1. The van der Waals surface area contributed by atoms with Crippen LogP contribution >= 0.6 is 0 Å². The second-order valence-corrected chi connectivity index (χ2v) is 9.10. The molecular formula is C27H33N5O3. The molecule has 0 spiro atoms. The van der Waals surface area contributed by atoms with Gasteiger partial charge in [-0.1, -0.05) is 36.4 Å². The Hall–Kier alpha value is -3.65. The molecule has 0 atom stereocenters. The standard InChI is InChI=1S/C27H33N5O3/c28-27(33)29-25-18-22-10-4-5-11-23(22)32(25)13-7-6-12-30-14-16-31(17-15-30)26-20-34-19-24(35-26)21-8-2-1-3-9-21/h1-2,4-5,8,10-11,18-20H,3,6-7,9,12-17H2,(H3,28,29,33). The number of hydrogen-bond donors (Lipinski definition) is 2. The number of amides is 2. The molecule has 35 heavy (non-hydrogen) atoms. The molecule has 2 aliphatic heterocycles. The zero-order valence-electron chi connectivity index (χ0n) is 20.0. The summed E-state index contributed by atoms with van der Waals surface area (Å²) in [7, 11) is 0. The van der Waals surface area contributed by atoms with Gasteiger partial charge < -0.3 is 24.7 Å². The van der Waals surface area contributed by atoms with Crippen LogP contribution in [0.25, 0.3) is 10.9 Å². The molecule has 1 fully saturated rings. The number of urea groups is 1. The Kier molecular flexibility index (Phi) is 7.09. The summed E-state index contributed by atoms with van der Waals surface area (Å²) < 4.78 is 13.9. The van der Waals surface area contributed by atoms with Gasteiger partial charge in [-0.05, 0) is 49.9 Å². The molecule has 3 aliphatic rings. The Balaban J connectivity index is 1.08. The van der Waals surface area contributed by atoms with Crippen molar-refractivity contribution in [2.75, 3.05) is 38.0 Å². The number of nitrogens with zero attached hydrogens (tertiary/aromatic N) is 3. The number of ether oxygens (including phenoxy) is 2. The maximum Gasteiger partial charge on any atom is 0.317 e. The van der Waals surface area contributed by atoms with Crippen molar-refractivity contribution < 1.29 is 14.3 Å². The molecule has 5 rings (SSSR count). The van der Waals surface area contributed by atoms with Gasteiger partial charge in [-0.2, -0.15) is 0 Å². The lowest BCUT2D eigenvalue weighted by molar-refractivity contribution is 0.0785. The molecule has 1 aromatic heterocycles. The van der Waals surface area contributed by atoms with Gasteiger partial charge >= 0.3 is 6.03 Å². The minimum absolute atomic E-state index is 0.538. The number of aryl methyl sites for hydroxylation is 1. The van der Waals surface area contributed by atoms with Gasteiger partial charge in [0.25, 0.3) is 0 Å². The number of nitrogens with one attached hydrogen (secondary N) is 1. The van der Waals surface area contributed by atoms with Crippen LogP contribution in [0.1, 0.15) is 25.7 Å². The summed E-state index contributed by atoms with van der Waals surface area (Å²) >= 11 is 0. The average Bonchev–Trinajstić information content (AvgIpc) is 3.24. The first kappa shape index (κ1) is 23.1. The van der Waals surface area contributed by atoms with E-state index < -0.39 is 6.03 Å². The maximum atomic E-state index is 11.4. The highest BCUT2D eigenvalue weighted by Gasteiger charge is 2.23. The van der Waals surface area contributed by atoms with Crippen LogP contribution in [0.15, 0.2) is 78.3 Å². The van der Waals surface area contributed by atoms with Gasteiger partial charge in [0, 0.05) is 43.6 Å². The number of rotatable bonds is 8. The molecular weight excluding hydrogens is 442 g/mol. The van der Waals surface area contributed by atoms with E-state index in [2.05, 4.69) is 50.0 Å². The molecule has 2 aromatic rings. The summed E-state index contributed by atoms with van der Waals surface area (Å²) in [6.07, 6.45) is 13.9. The molecule has 0 saturated carbocycles. The lowest BCUT2D eigenvalue weighted by Gasteiger charge is -2.37. The van der Waals surface area contributed by atoms with Crippen molar-refractivity contribution >= 4 is 22.8 Å². The fourth-order valence-electron chi connectivity index (χ4n) is 4.88. The zero-order valence-corrected chi connectivity index (χ0v) is 20.0. The second kappa shape index (κ2) is 10.7. The van der Waals surface area contributed by atoms with Gasteiger partial charge in [0.15, 0.2) is 12.0 Å². The fourth-order valence-corrected chi connectivity index (χ4v) is 4.88. The van der Waals surface area contributed by atoms with E-state index >= 15 is 0 Å². The Morgan fingerprint density at radius 3 is 2.69 bits per heavy atom. The van der Waals surface area contributed by atoms with Crippen LogP contribution < -0.4 is 11.1 Å². The lowest BCUT2D eigenvalue weighted by atomic mass is 10.0. The van der Waals surface area contributed by atoms with E-state index in [1.165, 1.54) is 5.57 Å². The number of nitrogens with two attached hydrogens (primary N) is 1. The number of piperazine rings is 1. The van der Waals surface area contributed by atoms with Crippen molar-refractivity contribution in [1.82, 2.24) is 14.4 Å². The molecule has 8 heteroatoms. The molecule has 0 radical (unpaired) electrons. The van der Waals surface area contributed by atoms with Crippen LogP contribution in [0, 0.1) is 0 Å². The van der Waals surface area contributed by atoms with Crippen LogP contribution in [-0.4, -0.2) is 53.1 Å². The van der Waals surface area contributed by atoms with E-state index in [4.69, 9.17) is 15.2 Å². The number of carbonyl (C=O) groups is 1. The first-order valence-electron chi connectivity index (χ1n) is 12.4. The van der Waals surface area contributed by atoms with Crippen LogP contribution in [-0.2, 0) is 16.0 Å². The highest BCUT2D eigenvalue weighted by atomic mass is 16.6. The van der Waals surface area contributed by atoms with Gasteiger partial charge in [0.05, 0.1) is 0 Å². The molecule has 3 heterocycles. The van der Waals surface area contributed by atoms with Crippen molar-refractivity contribution in [3.05, 3.63) is 78.3 Å². The van der Waals surface area contributed by atoms with E-state index in [9.17, 15) is 4.79 Å². The minimum atomic E-state index is -0.538. The largest absolute Gasteiger partial charge is 0.463 e. The summed E-state index contributed by atoms with van der Waals surface area (Å²) in [6.45, 7) is 5.69. The Bertz CT molecular complexity index is 1180. The van der Waals surface area contributed by atoms with Crippen LogP contribution in [0.3, 0.4) is 0 Å². The first-order valence-corrected chi connectivity index (χ1v) is 12.4. The third-order valence-corrected chi connectivity index (χ3v) is 6.74. The van der Waals surface area contributed by atoms with Gasteiger partial charge in [0.2, 0.25) is 5.88 Å². The number of benzene rings is 1. The van der Waals surface area contributed by atoms with Crippen LogP contribution in [0.2, 0.25) is 0 Å². The smallest absolute Gasteiger partial charge is 0.317 e. The van der Waals surface area contributed by atoms with Crippen LogP contribution in [0.4, 0.5) is 10.6 Å². The molecule has 1 aliphatic carbocycles. The van der Waals surface area contributed by atoms with Crippen molar-refractivity contribution in [1.29, 1.82) is 0 Å². The van der Waals surface area contributed by atoms with E-state index in [1.54, 1.807) is 12.5 Å². The number of carbonyl (C=O) groups excluding carboxylic acids is 1. The normalized spacial score (nSPS) is 18.4. The molecule has 184 valence electrons. The Labute approximate surface area is 205 Å². The number of unbranched alkanes of at least 4 members (excludes halogenated alkanes) is 1. The third kappa shape index (κ3) is 5.54. The van der Waals surface area contributed by atoms with Gasteiger partial charge in [-0.3, -0.25) is 10.2 Å². The van der Waals surface area contributed by atoms with Gasteiger partial charge in [-0.15, -0.1) is 0 Å². The Morgan fingerprint density at radius 1 is 1.06 bits per heavy atom. The van der Waals surface area contributed by atoms with Gasteiger partial charge in [-0.25, -0.2) is 4.79 Å². The zero-order chi connectivity index (χ0) is 24.0. The summed E-state index contributed by atoms with van der Waals surface area (Å²) in [5.74, 6) is 2.37. The average molecular weight is 476 g/mol. The highest BCUT2D eigenvalue weighted by molar-refractivity contribution is 5.92. The third-order valence-electron chi connectivity index (χ3n) is 6.74. The number of para-hydroxylation sites is 1. The van der Waals surface area contributed by atoms with E-state index in [-0.39, 0.29) is 0 Å². The number of aromatic nitrogens is 1. The Morgan fingerprint density at radius 2 is 1.89 bits per heavy atom. The van der Waals surface area contributed by atoms with Crippen molar-refractivity contribution in [3.63, 3.8) is 0 Å². The second-order valence-electron chi connectivity index (χ2n) is 9.10. The van der Waals surface area contributed by atoms with E-state index in [1.807, 2.05) is 18.2 Å². The monoisotopic (exact) mass is 475 g/mol. The predicted molar refractivity (Wildman–Crippen MR) is 137 cm³/mol. The molecule has 2 amide bonds. The number of anilines is 1. The van der Waals surface area contributed by atoms with Crippen molar-refractivity contribution in [3.8, 4) is 0 Å². The first-order chi connectivity index (χ1) is 17.2. The molecule has 0 bridgehead atoms. The van der Waals surface area contributed by atoms with Crippen molar-refractivity contribution in [2.24, 2.45) is 5.73 Å². The van der Waals surface area contributed by atoms with Crippen LogP contribution in [0.5, 0.6) is 0 Å². The summed E-state index contributed by atoms with van der Waals surface area (Å²) in [5, 5.41) is 3.86. The quantitative estimate of drug-likeness (QED) is 0.550. The predicted octanol–water partition coefficient (Wildman–Crippen LogP) is 4.49. The summed E-state index contributed by atoms with van der Waals surface area (Å²) in [5.41, 5.74) is 7.67. The SMILES string of the molecule is NC(=O)Nc1cc2ccccc2n1CCCCN1CCN(C2=COC=C(C3=CC=CCC3)O2)CC1. The molecule has 3 N–H and O–H groups in total.